The predicted octanol–water partition coefficient (Wildman–Crippen LogP) is 3.04. The molecule has 1 amide bonds. The van der Waals surface area contributed by atoms with Crippen molar-refractivity contribution >= 4 is 5.91 Å². The van der Waals surface area contributed by atoms with Crippen molar-refractivity contribution in [2.45, 2.75) is 51.6 Å². The van der Waals surface area contributed by atoms with E-state index in [1.807, 2.05) is 18.8 Å². The normalized spacial score (nSPS) is 26.5. The number of nitrogens with zero attached hydrogens (tertiary/aromatic N) is 5. The summed E-state index contributed by atoms with van der Waals surface area (Å²) in [5.74, 6) is 0.926. The highest BCUT2D eigenvalue weighted by Gasteiger charge is 2.43. The molecule has 1 aromatic heterocycles. The fraction of sp³-hybridized carbons (Fsp3) is 0.609. The van der Waals surface area contributed by atoms with E-state index in [-0.39, 0.29) is 17.2 Å². The Morgan fingerprint density at radius 1 is 1.21 bits per heavy atom. The largest absolute Gasteiger partial charge is 0.349 e. The van der Waals surface area contributed by atoms with Gasteiger partial charge in [-0.25, -0.2) is 0 Å². The van der Waals surface area contributed by atoms with E-state index in [2.05, 4.69) is 66.4 Å². The quantitative estimate of drug-likeness (QED) is 0.798. The molecule has 1 unspecified atom stereocenters. The molecule has 0 radical (unpaired) electrons. The number of piperidine rings is 3. The van der Waals surface area contributed by atoms with Gasteiger partial charge in [-0.1, -0.05) is 50.3 Å². The zero-order valence-electron chi connectivity index (χ0n) is 18.3. The van der Waals surface area contributed by atoms with Gasteiger partial charge < -0.3 is 4.90 Å². The molecule has 6 nitrogen and oxygen atoms in total. The Labute approximate surface area is 173 Å². The minimum absolute atomic E-state index is 0.150. The molecular formula is C23H33N5O. The van der Waals surface area contributed by atoms with Crippen LogP contribution in [-0.4, -0.2) is 63.9 Å². The summed E-state index contributed by atoms with van der Waals surface area (Å²) in [5, 5.41) is 8.79. The fourth-order valence-corrected chi connectivity index (χ4v) is 4.82. The Bertz CT molecular complexity index is 864. The van der Waals surface area contributed by atoms with Gasteiger partial charge in [0, 0.05) is 32.2 Å². The van der Waals surface area contributed by atoms with Crippen molar-refractivity contribution in [1.82, 2.24) is 24.8 Å². The van der Waals surface area contributed by atoms with Crippen molar-refractivity contribution in [1.29, 1.82) is 0 Å². The van der Waals surface area contributed by atoms with Crippen LogP contribution >= 0.6 is 0 Å². The van der Waals surface area contributed by atoms with E-state index in [1.54, 1.807) is 4.90 Å². The second kappa shape index (κ2) is 7.56. The summed E-state index contributed by atoms with van der Waals surface area (Å²) >= 11 is 0. The van der Waals surface area contributed by atoms with Crippen molar-refractivity contribution in [3.05, 3.63) is 36.0 Å². The molecule has 6 heteroatoms. The molecule has 29 heavy (non-hydrogen) atoms. The van der Waals surface area contributed by atoms with Crippen molar-refractivity contribution in [2.24, 2.45) is 11.8 Å². The third-order valence-electron chi connectivity index (χ3n) is 6.62. The van der Waals surface area contributed by atoms with E-state index in [0.717, 1.165) is 43.7 Å². The maximum absolute atomic E-state index is 12.5. The number of carbonyl (C=O) groups excluding carboxylic acids is 1. The maximum atomic E-state index is 12.5. The lowest BCUT2D eigenvalue weighted by molar-refractivity contribution is -0.141. The number of aromatic nitrogens is 3. The van der Waals surface area contributed by atoms with Gasteiger partial charge in [0.25, 0.3) is 0 Å². The van der Waals surface area contributed by atoms with Crippen molar-refractivity contribution < 1.29 is 4.79 Å². The van der Waals surface area contributed by atoms with E-state index in [1.165, 1.54) is 5.56 Å². The predicted molar refractivity (Wildman–Crippen MR) is 114 cm³/mol. The molecule has 1 aromatic carbocycles. The summed E-state index contributed by atoms with van der Waals surface area (Å²) in [5.41, 5.74) is 3.49. The number of rotatable bonds is 4. The lowest BCUT2D eigenvalue weighted by Gasteiger charge is -2.49. The molecular weight excluding hydrogens is 362 g/mol. The molecule has 0 aliphatic carbocycles. The summed E-state index contributed by atoms with van der Waals surface area (Å²) < 4.78 is 1.97. The van der Waals surface area contributed by atoms with Gasteiger partial charge in [-0.05, 0) is 36.3 Å². The average Bonchev–Trinajstić information content (AvgIpc) is 3.15. The highest BCUT2D eigenvalue weighted by molar-refractivity contribution is 5.79. The van der Waals surface area contributed by atoms with Crippen LogP contribution in [0.5, 0.6) is 0 Å². The molecule has 2 aromatic rings. The van der Waals surface area contributed by atoms with Crippen LogP contribution in [0, 0.1) is 11.8 Å². The first-order chi connectivity index (χ1) is 13.7. The number of hydrogen-bond donors (Lipinski definition) is 0. The Morgan fingerprint density at radius 3 is 2.52 bits per heavy atom. The zero-order valence-corrected chi connectivity index (χ0v) is 18.3. The van der Waals surface area contributed by atoms with E-state index in [9.17, 15) is 4.79 Å². The fourth-order valence-electron chi connectivity index (χ4n) is 4.82. The monoisotopic (exact) mass is 395 g/mol. The van der Waals surface area contributed by atoms with Gasteiger partial charge in [0.05, 0.1) is 18.7 Å². The van der Waals surface area contributed by atoms with Crippen LogP contribution in [0.4, 0.5) is 0 Å². The van der Waals surface area contributed by atoms with E-state index >= 15 is 0 Å². The number of fused-ring (bicyclic) bond motifs is 3. The molecule has 5 rings (SSSR count). The van der Waals surface area contributed by atoms with Crippen molar-refractivity contribution in [3.63, 3.8) is 0 Å². The highest BCUT2D eigenvalue weighted by atomic mass is 16.2. The molecule has 0 saturated carbocycles. The minimum atomic E-state index is 0.150. The summed E-state index contributed by atoms with van der Waals surface area (Å²) in [7, 11) is 3.73. The molecule has 3 saturated heterocycles. The zero-order chi connectivity index (χ0) is 20.8. The van der Waals surface area contributed by atoms with Crippen LogP contribution in [0.2, 0.25) is 0 Å². The molecule has 3 aliphatic heterocycles. The second-order valence-electron chi connectivity index (χ2n) is 9.93. The summed E-state index contributed by atoms with van der Waals surface area (Å²) in [6, 6.07) is 9.08. The number of amides is 1. The first-order valence-electron chi connectivity index (χ1n) is 10.7. The van der Waals surface area contributed by atoms with Crippen molar-refractivity contribution in [2.75, 3.05) is 27.2 Å². The van der Waals surface area contributed by atoms with Crippen molar-refractivity contribution in [3.8, 4) is 11.3 Å². The van der Waals surface area contributed by atoms with E-state index in [4.69, 9.17) is 0 Å². The molecule has 0 N–H and O–H groups in total. The van der Waals surface area contributed by atoms with Gasteiger partial charge in [-0.2, -0.15) is 0 Å². The summed E-state index contributed by atoms with van der Waals surface area (Å²) in [4.78, 5) is 16.7. The third kappa shape index (κ3) is 4.08. The molecule has 3 fully saturated rings. The van der Waals surface area contributed by atoms with Gasteiger partial charge in [0.2, 0.25) is 5.91 Å². The van der Waals surface area contributed by atoms with E-state index in [0.29, 0.717) is 12.0 Å². The van der Waals surface area contributed by atoms with Gasteiger partial charge in [0.15, 0.2) is 0 Å². The summed E-state index contributed by atoms with van der Waals surface area (Å²) in [6.07, 6.45) is 4.25. The summed E-state index contributed by atoms with van der Waals surface area (Å²) in [6.45, 7) is 9.48. The van der Waals surface area contributed by atoms with Crippen LogP contribution in [0.25, 0.3) is 11.3 Å². The Morgan fingerprint density at radius 2 is 1.93 bits per heavy atom. The molecule has 2 bridgehead atoms. The topological polar surface area (TPSA) is 54.3 Å². The SMILES string of the molecule is CN(C)C(=O)[C@H]1CN2CC[C@H]1C[C@@H]2Cn1cc(-c2ccc(C(C)(C)C)cc2)nn1. The number of carbonyl (C=O) groups is 1. The molecule has 0 spiro atoms. The maximum Gasteiger partial charge on any atom is 0.226 e. The van der Waals surface area contributed by atoms with Gasteiger partial charge >= 0.3 is 0 Å². The first kappa shape index (κ1) is 20.1. The lowest BCUT2D eigenvalue weighted by atomic mass is 9.75. The number of hydrogen-bond acceptors (Lipinski definition) is 4. The molecule has 3 aliphatic rings. The second-order valence-corrected chi connectivity index (χ2v) is 9.93. The first-order valence-corrected chi connectivity index (χ1v) is 10.7. The Kier molecular flexibility index (Phi) is 5.23. The van der Waals surface area contributed by atoms with Crippen LogP contribution < -0.4 is 0 Å². The van der Waals surface area contributed by atoms with Crippen LogP contribution in [0.15, 0.2) is 30.5 Å². The molecule has 156 valence electrons. The van der Waals surface area contributed by atoms with Crippen LogP contribution in [0.1, 0.15) is 39.2 Å². The highest BCUT2D eigenvalue weighted by Crippen LogP contribution is 2.37. The van der Waals surface area contributed by atoms with Gasteiger partial charge in [-0.15, -0.1) is 5.10 Å². The lowest BCUT2D eigenvalue weighted by Crippen LogP contribution is -2.57. The Hall–Kier alpha value is -2.21. The van der Waals surface area contributed by atoms with Crippen LogP contribution in [0.3, 0.4) is 0 Å². The van der Waals surface area contributed by atoms with Gasteiger partial charge in [0.1, 0.15) is 5.69 Å². The van der Waals surface area contributed by atoms with Gasteiger partial charge in [-0.3, -0.25) is 14.4 Å². The smallest absolute Gasteiger partial charge is 0.226 e. The third-order valence-corrected chi connectivity index (χ3v) is 6.62. The standard InChI is InChI=1S/C23H33N5O/c1-23(2,3)18-8-6-16(7-9-18)21-15-28(25-24-21)13-19-12-17-10-11-27(19)14-20(17)22(29)26(4)5/h6-9,15,17,19-20H,10-14H2,1-5H3/t17-,19+,20-/m0/s1. The molecule has 4 atom stereocenters. The molecule has 4 heterocycles. The Balaban J connectivity index is 1.42. The average molecular weight is 396 g/mol. The van der Waals surface area contributed by atoms with E-state index < -0.39 is 0 Å². The minimum Gasteiger partial charge on any atom is -0.349 e. The van der Waals surface area contributed by atoms with Crippen LogP contribution in [-0.2, 0) is 16.8 Å². The number of benzene rings is 1.